The van der Waals surface area contributed by atoms with Crippen molar-refractivity contribution in [3.05, 3.63) is 53.0 Å². The first kappa shape index (κ1) is 18.2. The van der Waals surface area contributed by atoms with E-state index in [0.29, 0.717) is 23.8 Å². The van der Waals surface area contributed by atoms with Crippen LogP contribution in [0.3, 0.4) is 0 Å². The molecule has 6 nitrogen and oxygen atoms in total. The fraction of sp³-hybridized carbons (Fsp3) is 0.316. The molecule has 27 heavy (non-hydrogen) atoms. The Bertz CT molecular complexity index is 1060. The minimum atomic E-state index is -3.39. The molecule has 3 heterocycles. The molecule has 0 unspecified atom stereocenters. The summed E-state index contributed by atoms with van der Waals surface area (Å²) in [5.74, 6) is -0.0860. The van der Waals surface area contributed by atoms with Crippen LogP contribution in [-0.4, -0.2) is 36.7 Å². The van der Waals surface area contributed by atoms with Gasteiger partial charge < -0.3 is 10.3 Å². The number of hydrogen-bond donors (Lipinski definition) is 2. The van der Waals surface area contributed by atoms with Crippen molar-refractivity contribution >= 4 is 38.2 Å². The summed E-state index contributed by atoms with van der Waals surface area (Å²) in [4.78, 5) is 16.3. The molecule has 0 bridgehead atoms. The highest BCUT2D eigenvalue weighted by Crippen LogP contribution is 2.27. The van der Waals surface area contributed by atoms with Gasteiger partial charge in [0.25, 0.3) is 10.0 Å². The van der Waals surface area contributed by atoms with Gasteiger partial charge in [0.15, 0.2) is 0 Å². The molecule has 0 radical (unpaired) electrons. The van der Waals surface area contributed by atoms with Crippen LogP contribution in [0, 0.1) is 0 Å². The van der Waals surface area contributed by atoms with Crippen molar-refractivity contribution in [2.75, 3.05) is 13.1 Å². The standard InChI is InChI=1S/C19H21N3O3S2/c23-18(11-14-12-20-17-6-2-1-5-16(14)17)21-13-15-7-8-19(26-15)27(24,25)22-9-3-4-10-22/h1-2,5-8,12,20H,3-4,9-11,13H2,(H,21,23). The monoisotopic (exact) mass is 403 g/mol. The topological polar surface area (TPSA) is 82.3 Å². The molecule has 1 saturated heterocycles. The first-order valence-electron chi connectivity index (χ1n) is 8.94. The second-order valence-electron chi connectivity index (χ2n) is 6.64. The number of aromatic nitrogens is 1. The minimum absolute atomic E-state index is 0.0860. The number of aromatic amines is 1. The molecule has 1 aliphatic rings. The summed E-state index contributed by atoms with van der Waals surface area (Å²) in [5, 5.41) is 3.93. The Kier molecular flexibility index (Phi) is 5.03. The molecule has 2 aromatic heterocycles. The van der Waals surface area contributed by atoms with Gasteiger partial charge in [-0.3, -0.25) is 4.79 Å². The van der Waals surface area contributed by atoms with E-state index >= 15 is 0 Å². The molecular formula is C19H21N3O3S2. The van der Waals surface area contributed by atoms with E-state index in [-0.39, 0.29) is 12.3 Å². The molecule has 3 aromatic rings. The summed E-state index contributed by atoms with van der Waals surface area (Å²) in [6, 6.07) is 11.3. The Morgan fingerprint density at radius 1 is 1.15 bits per heavy atom. The zero-order chi connectivity index (χ0) is 18.9. The van der Waals surface area contributed by atoms with Gasteiger partial charge in [0.05, 0.1) is 13.0 Å². The van der Waals surface area contributed by atoms with Gasteiger partial charge in [-0.05, 0) is 36.6 Å². The second kappa shape index (κ2) is 7.46. The van der Waals surface area contributed by atoms with Crippen LogP contribution in [0.1, 0.15) is 23.3 Å². The summed E-state index contributed by atoms with van der Waals surface area (Å²) in [5.41, 5.74) is 1.96. The number of thiophene rings is 1. The number of hydrogen-bond acceptors (Lipinski definition) is 4. The molecule has 4 rings (SSSR count). The van der Waals surface area contributed by atoms with E-state index in [1.54, 1.807) is 12.1 Å². The highest BCUT2D eigenvalue weighted by atomic mass is 32.2. The summed E-state index contributed by atoms with van der Waals surface area (Å²) >= 11 is 1.23. The van der Waals surface area contributed by atoms with E-state index in [1.165, 1.54) is 15.6 Å². The van der Waals surface area contributed by atoms with Crippen molar-refractivity contribution < 1.29 is 13.2 Å². The van der Waals surface area contributed by atoms with Gasteiger partial charge >= 0.3 is 0 Å². The number of carbonyl (C=O) groups excluding carboxylic acids is 1. The first-order valence-corrected chi connectivity index (χ1v) is 11.2. The number of nitrogens with one attached hydrogen (secondary N) is 2. The zero-order valence-corrected chi connectivity index (χ0v) is 16.4. The van der Waals surface area contributed by atoms with Gasteiger partial charge in [-0.25, -0.2) is 8.42 Å². The number of rotatable bonds is 6. The summed E-state index contributed by atoms with van der Waals surface area (Å²) < 4.78 is 27.0. The number of para-hydroxylation sites is 1. The van der Waals surface area contributed by atoms with Crippen LogP contribution in [0.2, 0.25) is 0 Å². The maximum absolute atomic E-state index is 12.6. The predicted molar refractivity (Wildman–Crippen MR) is 106 cm³/mol. The fourth-order valence-corrected chi connectivity index (χ4v) is 6.31. The smallest absolute Gasteiger partial charge is 0.252 e. The molecule has 142 valence electrons. The Hall–Kier alpha value is -2.16. The maximum atomic E-state index is 12.6. The average molecular weight is 404 g/mol. The van der Waals surface area contributed by atoms with E-state index in [1.807, 2.05) is 30.5 Å². The highest BCUT2D eigenvalue weighted by Gasteiger charge is 2.28. The number of carbonyl (C=O) groups is 1. The molecule has 1 aromatic carbocycles. The molecule has 1 aliphatic heterocycles. The maximum Gasteiger partial charge on any atom is 0.252 e. The van der Waals surface area contributed by atoms with Crippen molar-refractivity contribution in [2.24, 2.45) is 0 Å². The van der Waals surface area contributed by atoms with Gasteiger partial charge in [-0.15, -0.1) is 11.3 Å². The van der Waals surface area contributed by atoms with Crippen molar-refractivity contribution in [3.63, 3.8) is 0 Å². The summed E-state index contributed by atoms with van der Waals surface area (Å²) in [6.07, 6.45) is 3.98. The lowest BCUT2D eigenvalue weighted by molar-refractivity contribution is -0.120. The Balaban J connectivity index is 1.38. The number of fused-ring (bicyclic) bond motifs is 1. The highest BCUT2D eigenvalue weighted by molar-refractivity contribution is 7.91. The van der Waals surface area contributed by atoms with E-state index in [4.69, 9.17) is 0 Å². The molecule has 1 amide bonds. The second-order valence-corrected chi connectivity index (χ2v) is 9.98. The number of amides is 1. The summed E-state index contributed by atoms with van der Waals surface area (Å²) in [7, 11) is -3.39. The lowest BCUT2D eigenvalue weighted by atomic mass is 10.1. The Morgan fingerprint density at radius 2 is 1.93 bits per heavy atom. The van der Waals surface area contributed by atoms with Gasteiger partial charge in [0.2, 0.25) is 5.91 Å². The number of benzene rings is 1. The molecule has 0 atom stereocenters. The van der Waals surface area contributed by atoms with Gasteiger partial charge in [0.1, 0.15) is 4.21 Å². The van der Waals surface area contributed by atoms with E-state index in [9.17, 15) is 13.2 Å². The molecule has 0 saturated carbocycles. The van der Waals surface area contributed by atoms with E-state index in [0.717, 1.165) is 34.2 Å². The third kappa shape index (κ3) is 3.78. The summed E-state index contributed by atoms with van der Waals surface area (Å²) in [6.45, 7) is 1.52. The van der Waals surface area contributed by atoms with Crippen molar-refractivity contribution in [1.29, 1.82) is 0 Å². The molecule has 2 N–H and O–H groups in total. The zero-order valence-electron chi connectivity index (χ0n) is 14.8. The van der Waals surface area contributed by atoms with Crippen LogP contribution < -0.4 is 5.32 Å². The number of H-pyrrole nitrogens is 1. The van der Waals surface area contributed by atoms with Gasteiger partial charge in [-0.1, -0.05) is 18.2 Å². The normalized spacial score (nSPS) is 15.4. The lowest BCUT2D eigenvalue weighted by Crippen LogP contribution is -2.27. The fourth-order valence-electron chi connectivity index (χ4n) is 3.35. The lowest BCUT2D eigenvalue weighted by Gasteiger charge is -2.13. The van der Waals surface area contributed by atoms with Crippen LogP contribution in [0.15, 0.2) is 46.8 Å². The third-order valence-corrected chi connectivity index (χ3v) is 8.23. The van der Waals surface area contributed by atoms with E-state index in [2.05, 4.69) is 10.3 Å². The van der Waals surface area contributed by atoms with Crippen LogP contribution in [0.5, 0.6) is 0 Å². The van der Waals surface area contributed by atoms with Gasteiger partial charge in [-0.2, -0.15) is 4.31 Å². The Morgan fingerprint density at radius 3 is 2.74 bits per heavy atom. The number of sulfonamides is 1. The van der Waals surface area contributed by atoms with Crippen LogP contribution in [0.4, 0.5) is 0 Å². The largest absolute Gasteiger partial charge is 0.361 e. The average Bonchev–Trinajstić information content (AvgIpc) is 3.41. The van der Waals surface area contributed by atoms with E-state index < -0.39 is 10.0 Å². The molecule has 0 spiro atoms. The SMILES string of the molecule is O=C(Cc1c[nH]c2ccccc12)NCc1ccc(S(=O)(=O)N2CCCC2)s1. The third-order valence-electron chi connectivity index (χ3n) is 4.78. The molecule has 1 fully saturated rings. The minimum Gasteiger partial charge on any atom is -0.361 e. The molecule has 0 aliphatic carbocycles. The number of nitrogens with zero attached hydrogens (tertiary/aromatic N) is 1. The molecular weight excluding hydrogens is 382 g/mol. The van der Waals surface area contributed by atoms with Crippen molar-refractivity contribution in [1.82, 2.24) is 14.6 Å². The van der Waals surface area contributed by atoms with Gasteiger partial charge in [0, 0.05) is 35.1 Å². The van der Waals surface area contributed by atoms with Crippen molar-refractivity contribution in [3.8, 4) is 0 Å². The molecule has 8 heteroatoms. The van der Waals surface area contributed by atoms with Crippen LogP contribution >= 0.6 is 11.3 Å². The Labute approximate surface area is 162 Å². The quantitative estimate of drug-likeness (QED) is 0.664. The van der Waals surface area contributed by atoms with Crippen LogP contribution in [-0.2, 0) is 27.8 Å². The first-order chi connectivity index (χ1) is 13.0. The van der Waals surface area contributed by atoms with Crippen molar-refractivity contribution in [2.45, 2.75) is 30.0 Å². The van der Waals surface area contributed by atoms with Crippen LogP contribution in [0.25, 0.3) is 10.9 Å². The predicted octanol–water partition coefficient (Wildman–Crippen LogP) is 2.87.